The molecule has 0 spiro atoms. The Hall–Kier alpha value is -1.43. The van der Waals surface area contributed by atoms with Gasteiger partial charge in [-0.15, -0.1) is 0 Å². The number of rotatable bonds is 3. The van der Waals surface area contributed by atoms with Gasteiger partial charge in [0, 0.05) is 12.1 Å². The molecule has 0 aromatic heterocycles. The number of hydrogen-bond acceptors (Lipinski definition) is 3. The first-order valence-corrected chi connectivity index (χ1v) is 7.76. The van der Waals surface area contributed by atoms with E-state index < -0.39 is 11.9 Å². The number of carbonyl (C=O) groups excluding carboxylic acids is 2. The summed E-state index contributed by atoms with van der Waals surface area (Å²) in [4.78, 5) is 26.1. The number of esters is 1. The second kappa shape index (κ2) is 7.02. The second-order valence-corrected chi connectivity index (χ2v) is 5.75. The van der Waals surface area contributed by atoms with E-state index >= 15 is 0 Å². The molecule has 1 atom stereocenters. The third kappa shape index (κ3) is 3.61. The van der Waals surface area contributed by atoms with E-state index in [-0.39, 0.29) is 16.3 Å². The van der Waals surface area contributed by atoms with Crippen LogP contribution in [0.5, 0.6) is 0 Å². The summed E-state index contributed by atoms with van der Waals surface area (Å²) in [7, 11) is 0. The van der Waals surface area contributed by atoms with E-state index in [9.17, 15) is 14.0 Å². The van der Waals surface area contributed by atoms with Crippen molar-refractivity contribution < 1.29 is 18.7 Å². The van der Waals surface area contributed by atoms with Crippen molar-refractivity contribution in [2.45, 2.75) is 32.2 Å². The molecule has 0 aliphatic carbocycles. The molecule has 0 N–H and O–H groups in total. The molecule has 1 fully saturated rings. The van der Waals surface area contributed by atoms with Crippen LogP contribution < -0.4 is 0 Å². The minimum atomic E-state index is -0.546. The largest absolute Gasteiger partial charge is 0.464 e. The van der Waals surface area contributed by atoms with Gasteiger partial charge in [0.05, 0.1) is 11.1 Å². The van der Waals surface area contributed by atoms with Gasteiger partial charge in [0.15, 0.2) is 0 Å². The van der Waals surface area contributed by atoms with Crippen molar-refractivity contribution in [1.82, 2.24) is 4.90 Å². The lowest BCUT2D eigenvalue weighted by molar-refractivity contribution is -0.149. The molecule has 1 aliphatic rings. The maximum absolute atomic E-state index is 13.3. The summed E-state index contributed by atoms with van der Waals surface area (Å²) in [5.74, 6) is -1.06. The molecular weight excluding hydrogens is 341 g/mol. The van der Waals surface area contributed by atoms with E-state index in [0.29, 0.717) is 25.1 Å². The summed E-state index contributed by atoms with van der Waals surface area (Å²) in [6, 6.07) is 3.56. The molecule has 0 bridgehead atoms. The van der Waals surface area contributed by atoms with E-state index in [1.165, 1.54) is 23.1 Å². The monoisotopic (exact) mass is 357 g/mol. The van der Waals surface area contributed by atoms with E-state index in [1.807, 2.05) is 0 Å². The Balaban J connectivity index is 2.21. The van der Waals surface area contributed by atoms with Crippen LogP contribution in [0.4, 0.5) is 4.39 Å². The zero-order valence-electron chi connectivity index (χ0n) is 11.8. The van der Waals surface area contributed by atoms with Gasteiger partial charge in [0.25, 0.3) is 5.91 Å². The highest BCUT2D eigenvalue weighted by atomic mass is 79.9. The number of carbonyl (C=O) groups is 2. The lowest BCUT2D eigenvalue weighted by atomic mass is 10.0. The van der Waals surface area contributed by atoms with E-state index in [0.717, 1.165) is 12.8 Å². The first-order chi connectivity index (χ1) is 10.0. The highest BCUT2D eigenvalue weighted by Crippen LogP contribution is 2.23. The molecule has 1 aromatic rings. The molecule has 1 heterocycles. The first-order valence-electron chi connectivity index (χ1n) is 6.97. The Morgan fingerprint density at radius 1 is 1.43 bits per heavy atom. The van der Waals surface area contributed by atoms with E-state index in [1.54, 1.807) is 6.92 Å². The fraction of sp³-hybridized carbons (Fsp3) is 0.467. The average molecular weight is 358 g/mol. The molecule has 0 saturated carbocycles. The number of halogens is 2. The summed E-state index contributed by atoms with van der Waals surface area (Å²) in [6.07, 6.45) is 2.34. The first kappa shape index (κ1) is 15.9. The van der Waals surface area contributed by atoms with Crippen LogP contribution in [0.25, 0.3) is 0 Å². The second-order valence-electron chi connectivity index (χ2n) is 4.89. The molecule has 1 unspecified atom stereocenters. The molecule has 1 saturated heterocycles. The van der Waals surface area contributed by atoms with Crippen molar-refractivity contribution >= 4 is 27.8 Å². The van der Waals surface area contributed by atoms with Crippen LogP contribution in [0.1, 0.15) is 36.5 Å². The maximum atomic E-state index is 13.3. The molecule has 6 heteroatoms. The normalized spacial score (nSPS) is 18.4. The zero-order valence-corrected chi connectivity index (χ0v) is 13.4. The fourth-order valence-corrected chi connectivity index (χ4v) is 2.83. The lowest BCUT2D eigenvalue weighted by Gasteiger charge is -2.34. The number of nitrogens with zero attached hydrogens (tertiary/aromatic N) is 1. The summed E-state index contributed by atoms with van der Waals surface area (Å²) >= 11 is 3.07. The predicted octanol–water partition coefficient (Wildman–Crippen LogP) is 3.15. The van der Waals surface area contributed by atoms with Crippen molar-refractivity contribution in [3.05, 3.63) is 34.1 Å². The third-order valence-corrected chi connectivity index (χ3v) is 4.10. The van der Waals surface area contributed by atoms with Gasteiger partial charge in [0.2, 0.25) is 0 Å². The molecule has 1 amide bonds. The van der Waals surface area contributed by atoms with Crippen molar-refractivity contribution in [3.8, 4) is 0 Å². The maximum Gasteiger partial charge on any atom is 0.328 e. The quantitative estimate of drug-likeness (QED) is 0.780. The number of hydrogen-bond donors (Lipinski definition) is 0. The van der Waals surface area contributed by atoms with Crippen LogP contribution in [0, 0.1) is 5.82 Å². The Kier molecular flexibility index (Phi) is 5.33. The highest BCUT2D eigenvalue weighted by molar-refractivity contribution is 9.10. The van der Waals surface area contributed by atoms with Gasteiger partial charge in [-0.1, -0.05) is 0 Å². The molecule has 1 aromatic carbocycles. The summed E-state index contributed by atoms with van der Waals surface area (Å²) in [5.41, 5.74) is 0.361. The van der Waals surface area contributed by atoms with E-state index in [4.69, 9.17) is 4.74 Å². The summed E-state index contributed by atoms with van der Waals surface area (Å²) < 4.78 is 18.5. The summed E-state index contributed by atoms with van der Waals surface area (Å²) in [5, 5.41) is 0. The molecule has 21 heavy (non-hydrogen) atoms. The predicted molar refractivity (Wildman–Crippen MR) is 79.4 cm³/mol. The Morgan fingerprint density at radius 3 is 2.86 bits per heavy atom. The summed E-state index contributed by atoms with van der Waals surface area (Å²) in [6.45, 7) is 2.54. The standard InChI is InChI=1S/C15H17BrFNO3/c1-2-21-15(20)13-5-3-4-8-18(13)14(19)10-6-7-12(17)11(16)9-10/h6-7,9,13H,2-5,8H2,1H3. The van der Waals surface area contributed by atoms with Gasteiger partial charge in [0.1, 0.15) is 11.9 Å². The molecule has 114 valence electrons. The molecule has 2 rings (SSSR count). The van der Waals surface area contributed by atoms with Crippen molar-refractivity contribution in [2.24, 2.45) is 0 Å². The SMILES string of the molecule is CCOC(=O)C1CCCCN1C(=O)c1ccc(F)c(Br)c1. The van der Waals surface area contributed by atoms with Gasteiger partial charge in [-0.25, -0.2) is 9.18 Å². The fourth-order valence-electron chi connectivity index (χ4n) is 2.45. The highest BCUT2D eigenvalue weighted by Gasteiger charge is 2.33. The number of piperidine rings is 1. The number of ether oxygens (including phenoxy) is 1. The third-order valence-electron chi connectivity index (χ3n) is 3.49. The number of amides is 1. The topological polar surface area (TPSA) is 46.6 Å². The van der Waals surface area contributed by atoms with Crippen LogP contribution in [0.15, 0.2) is 22.7 Å². The van der Waals surface area contributed by atoms with Crippen molar-refractivity contribution in [3.63, 3.8) is 0 Å². The smallest absolute Gasteiger partial charge is 0.328 e. The molecule has 0 radical (unpaired) electrons. The molecular formula is C15H17BrFNO3. The van der Waals surface area contributed by atoms with Crippen LogP contribution >= 0.6 is 15.9 Å². The van der Waals surface area contributed by atoms with Crippen LogP contribution in [0.2, 0.25) is 0 Å². The van der Waals surface area contributed by atoms with Gasteiger partial charge >= 0.3 is 5.97 Å². The molecule has 4 nitrogen and oxygen atoms in total. The van der Waals surface area contributed by atoms with Crippen LogP contribution in [0.3, 0.4) is 0 Å². The van der Waals surface area contributed by atoms with Crippen LogP contribution in [-0.4, -0.2) is 36.0 Å². The Bertz CT molecular complexity index is 550. The minimum absolute atomic E-state index is 0.234. The van der Waals surface area contributed by atoms with Gasteiger partial charge in [-0.3, -0.25) is 4.79 Å². The minimum Gasteiger partial charge on any atom is -0.464 e. The number of likely N-dealkylation sites (tertiary alicyclic amines) is 1. The average Bonchev–Trinajstić information content (AvgIpc) is 2.49. The van der Waals surface area contributed by atoms with Crippen LogP contribution in [-0.2, 0) is 9.53 Å². The van der Waals surface area contributed by atoms with Crippen molar-refractivity contribution in [1.29, 1.82) is 0 Å². The number of benzene rings is 1. The van der Waals surface area contributed by atoms with Crippen molar-refractivity contribution in [2.75, 3.05) is 13.2 Å². The van der Waals surface area contributed by atoms with Gasteiger partial charge < -0.3 is 9.64 Å². The molecule has 1 aliphatic heterocycles. The van der Waals surface area contributed by atoms with E-state index in [2.05, 4.69) is 15.9 Å². The zero-order chi connectivity index (χ0) is 15.4. The van der Waals surface area contributed by atoms with Gasteiger partial charge in [-0.05, 0) is 60.3 Å². The Labute approximate surface area is 131 Å². The Morgan fingerprint density at radius 2 is 2.19 bits per heavy atom. The van der Waals surface area contributed by atoms with Gasteiger partial charge in [-0.2, -0.15) is 0 Å². The lowest BCUT2D eigenvalue weighted by Crippen LogP contribution is -2.48.